The Kier molecular flexibility index (Phi) is 14.8. The second kappa shape index (κ2) is 18.2. The zero-order chi connectivity index (χ0) is 36.2. The van der Waals surface area contributed by atoms with Crippen LogP contribution >= 0.6 is 24.8 Å². The maximum Gasteiger partial charge on any atom is 0.247 e. The summed E-state index contributed by atoms with van der Waals surface area (Å²) in [4.78, 5) is 55.3. The van der Waals surface area contributed by atoms with Crippen LogP contribution in [0.1, 0.15) is 47.5 Å². The molecule has 0 aliphatic carbocycles. The van der Waals surface area contributed by atoms with Gasteiger partial charge in [0.2, 0.25) is 17.7 Å². The Morgan fingerprint density at radius 2 is 1.75 bits per heavy atom. The number of likely N-dealkylation sites (tertiary alicyclic amines) is 1. The number of nitrogens with one attached hydrogen (secondary N) is 4. The van der Waals surface area contributed by atoms with Gasteiger partial charge in [0.15, 0.2) is 0 Å². The number of amides is 3. The van der Waals surface area contributed by atoms with Gasteiger partial charge < -0.3 is 40.7 Å². The summed E-state index contributed by atoms with van der Waals surface area (Å²) in [5, 5.41) is 12.6. The molecular weight excluding hydrogens is 712 g/mol. The molecule has 286 valence electrons. The lowest BCUT2D eigenvalue weighted by molar-refractivity contribution is -0.143. The molecule has 3 amide bonds. The Hall–Kier alpha value is -3.98. The van der Waals surface area contributed by atoms with Crippen molar-refractivity contribution in [3.63, 3.8) is 0 Å². The zero-order valence-electron chi connectivity index (χ0n) is 30.9. The lowest BCUT2D eigenvalue weighted by Crippen LogP contribution is -2.59. The molecule has 13 nitrogen and oxygen atoms in total. The molecule has 2 aromatic carbocycles. The van der Waals surface area contributed by atoms with E-state index in [-0.39, 0.29) is 48.4 Å². The molecule has 0 bridgehead atoms. The molecule has 5 rings (SSSR count). The number of aromatic nitrogens is 2. The number of carbonyl (C=O) groups is 3. The number of piperazine rings is 1. The molecule has 2 fully saturated rings. The SMILES string of the molecule is CCN1CCN(c2ccc(Nc3ncnc4cc(OC)c(NC(=O)[C@@H]5CCCN5C(=O)[C@@H](NC(=O)[C@H](C)NC)C(C)(C)C)cc34)cc2F)CC1.Cl.Cl. The average molecular weight is 765 g/mol. The van der Waals surface area contributed by atoms with Gasteiger partial charge in [0.05, 0.1) is 30.0 Å². The highest BCUT2D eigenvalue weighted by atomic mass is 35.5. The fraction of sp³-hybridized carbons (Fsp3) is 0.528. The van der Waals surface area contributed by atoms with Crippen molar-refractivity contribution in [2.45, 2.75) is 65.6 Å². The lowest BCUT2D eigenvalue weighted by atomic mass is 9.85. The van der Waals surface area contributed by atoms with Crippen LogP contribution in [0.5, 0.6) is 5.75 Å². The van der Waals surface area contributed by atoms with Gasteiger partial charge in [-0.1, -0.05) is 27.7 Å². The highest BCUT2D eigenvalue weighted by Crippen LogP contribution is 2.35. The number of ether oxygens (including phenoxy) is 1. The van der Waals surface area contributed by atoms with Crippen molar-refractivity contribution in [3.05, 3.63) is 42.5 Å². The minimum Gasteiger partial charge on any atom is -0.494 e. The topological polar surface area (TPSA) is 144 Å². The monoisotopic (exact) mass is 763 g/mol. The lowest BCUT2D eigenvalue weighted by Gasteiger charge is -2.36. The molecule has 0 spiro atoms. The second-order valence-electron chi connectivity index (χ2n) is 14.0. The van der Waals surface area contributed by atoms with Crippen LogP contribution in [0.25, 0.3) is 10.9 Å². The number of halogens is 3. The van der Waals surface area contributed by atoms with Crippen LogP contribution < -0.4 is 30.9 Å². The van der Waals surface area contributed by atoms with Crippen molar-refractivity contribution in [2.75, 3.05) is 69.0 Å². The summed E-state index contributed by atoms with van der Waals surface area (Å²) in [5.74, 6) is -0.496. The maximum absolute atomic E-state index is 15.4. The van der Waals surface area contributed by atoms with Crippen molar-refractivity contribution < 1.29 is 23.5 Å². The molecule has 0 unspecified atom stereocenters. The molecule has 0 radical (unpaired) electrons. The number of carbonyl (C=O) groups excluding carboxylic acids is 3. The van der Waals surface area contributed by atoms with Gasteiger partial charge in [0, 0.05) is 49.9 Å². The molecule has 4 N–H and O–H groups in total. The van der Waals surface area contributed by atoms with Gasteiger partial charge >= 0.3 is 0 Å². The van der Waals surface area contributed by atoms with Crippen LogP contribution in [-0.2, 0) is 14.4 Å². The molecule has 3 heterocycles. The Morgan fingerprint density at radius 3 is 2.37 bits per heavy atom. The molecule has 2 aliphatic heterocycles. The van der Waals surface area contributed by atoms with Gasteiger partial charge in [-0.05, 0) is 63.0 Å². The first-order valence-corrected chi connectivity index (χ1v) is 17.3. The van der Waals surface area contributed by atoms with Crippen LogP contribution in [0.2, 0.25) is 0 Å². The molecule has 0 saturated carbocycles. The quantitative estimate of drug-likeness (QED) is 0.219. The summed E-state index contributed by atoms with van der Waals surface area (Å²) < 4.78 is 21.0. The number of fused-ring (bicyclic) bond motifs is 1. The summed E-state index contributed by atoms with van der Waals surface area (Å²) in [7, 11) is 3.18. The Morgan fingerprint density at radius 1 is 1.04 bits per heavy atom. The number of nitrogens with zero attached hydrogens (tertiary/aromatic N) is 5. The van der Waals surface area contributed by atoms with E-state index in [1.54, 1.807) is 37.1 Å². The van der Waals surface area contributed by atoms with Gasteiger partial charge in [-0.25, -0.2) is 14.4 Å². The predicted octanol–water partition coefficient (Wildman–Crippen LogP) is 4.57. The van der Waals surface area contributed by atoms with Crippen molar-refractivity contribution >= 4 is 76.3 Å². The van der Waals surface area contributed by atoms with Gasteiger partial charge in [0.25, 0.3) is 0 Å². The summed E-state index contributed by atoms with van der Waals surface area (Å²) in [6, 6.07) is 6.41. The molecule has 3 aromatic rings. The van der Waals surface area contributed by atoms with Crippen LogP contribution in [-0.4, -0.2) is 109 Å². The number of benzene rings is 2. The first-order valence-electron chi connectivity index (χ1n) is 17.3. The molecule has 16 heteroatoms. The molecule has 2 saturated heterocycles. The number of likely N-dealkylation sites (N-methyl/N-ethyl adjacent to an activating group) is 2. The van der Waals surface area contributed by atoms with Crippen molar-refractivity contribution in [1.29, 1.82) is 0 Å². The highest BCUT2D eigenvalue weighted by molar-refractivity contribution is 6.03. The molecular formula is C36H52Cl2FN9O4. The fourth-order valence-electron chi connectivity index (χ4n) is 6.46. The first kappa shape index (κ1) is 42.4. The predicted molar refractivity (Wildman–Crippen MR) is 208 cm³/mol. The van der Waals surface area contributed by atoms with Crippen LogP contribution in [0.15, 0.2) is 36.7 Å². The third kappa shape index (κ3) is 9.51. The Balaban J connectivity index is 0.00000364. The fourth-order valence-corrected chi connectivity index (χ4v) is 6.46. The number of rotatable bonds is 11. The third-order valence-electron chi connectivity index (χ3n) is 9.65. The van der Waals surface area contributed by atoms with Crippen molar-refractivity contribution in [2.24, 2.45) is 5.41 Å². The van der Waals surface area contributed by atoms with E-state index in [1.165, 1.54) is 19.5 Å². The largest absolute Gasteiger partial charge is 0.494 e. The van der Waals surface area contributed by atoms with E-state index in [9.17, 15) is 14.4 Å². The minimum atomic E-state index is -0.828. The van der Waals surface area contributed by atoms with E-state index in [0.717, 1.165) is 32.7 Å². The van der Waals surface area contributed by atoms with Crippen molar-refractivity contribution in [3.8, 4) is 5.75 Å². The second-order valence-corrected chi connectivity index (χ2v) is 14.0. The Labute approximate surface area is 317 Å². The number of methoxy groups -OCH3 is 1. The van der Waals surface area contributed by atoms with E-state index in [0.29, 0.717) is 58.9 Å². The summed E-state index contributed by atoms with van der Waals surface area (Å²) in [6.07, 6.45) is 2.52. The van der Waals surface area contributed by atoms with E-state index in [1.807, 2.05) is 26.8 Å². The summed E-state index contributed by atoms with van der Waals surface area (Å²) in [5.41, 5.74) is 1.42. The summed E-state index contributed by atoms with van der Waals surface area (Å²) >= 11 is 0. The first-order chi connectivity index (χ1) is 23.8. The smallest absolute Gasteiger partial charge is 0.247 e. The van der Waals surface area contributed by atoms with Crippen LogP contribution in [0.3, 0.4) is 0 Å². The summed E-state index contributed by atoms with van der Waals surface area (Å²) in [6.45, 7) is 14.2. The molecule has 2 aliphatic rings. The third-order valence-corrected chi connectivity index (χ3v) is 9.65. The van der Waals surface area contributed by atoms with Crippen molar-refractivity contribution in [1.82, 2.24) is 30.4 Å². The highest BCUT2D eigenvalue weighted by Gasteiger charge is 2.42. The molecule has 1 aromatic heterocycles. The number of anilines is 4. The Bertz CT molecular complexity index is 1720. The van der Waals surface area contributed by atoms with E-state index >= 15 is 4.39 Å². The van der Waals surface area contributed by atoms with E-state index < -0.39 is 23.5 Å². The average Bonchev–Trinajstić information content (AvgIpc) is 3.60. The van der Waals surface area contributed by atoms with Gasteiger partial charge in [-0.3, -0.25) is 14.4 Å². The van der Waals surface area contributed by atoms with Crippen LogP contribution in [0, 0.1) is 11.2 Å². The van der Waals surface area contributed by atoms with E-state index in [4.69, 9.17) is 4.74 Å². The van der Waals surface area contributed by atoms with Crippen LogP contribution in [0.4, 0.5) is 27.3 Å². The van der Waals surface area contributed by atoms with Gasteiger partial charge in [0.1, 0.15) is 35.8 Å². The molecule has 3 atom stereocenters. The minimum absolute atomic E-state index is 0. The zero-order valence-corrected chi connectivity index (χ0v) is 32.5. The number of hydrogen-bond donors (Lipinski definition) is 4. The van der Waals surface area contributed by atoms with E-state index in [2.05, 4.69) is 48.0 Å². The number of hydrogen-bond acceptors (Lipinski definition) is 10. The van der Waals surface area contributed by atoms with Gasteiger partial charge in [-0.15, -0.1) is 24.8 Å². The molecule has 52 heavy (non-hydrogen) atoms. The standard InChI is InChI=1S/C36H50FN9O4.2ClH/c1-8-44-14-16-45(17-15-44)28-12-11-23(18-25(28)37)41-32-24-19-27(30(50-7)20-26(24)39-21-40-32)42-34(48)29-10-9-13-46(29)35(49)31(36(3,4)5)43-33(47)22(2)38-6;;/h11-12,18-22,29,31,38H,8-10,13-17H2,1-7H3,(H,42,48)(H,43,47)(H,39,40,41);2*1H/t22-,29-,31+;;/m0../s1. The normalized spacial score (nSPS) is 17.4. The maximum atomic E-state index is 15.4. The van der Waals surface area contributed by atoms with Gasteiger partial charge in [-0.2, -0.15) is 0 Å².